The number of hydrogen-bond acceptors (Lipinski definition) is 3. The molecule has 4 nitrogen and oxygen atoms in total. The molecule has 0 saturated heterocycles. The predicted octanol–water partition coefficient (Wildman–Crippen LogP) is 4.15. The molecule has 0 bridgehead atoms. The fourth-order valence-corrected chi connectivity index (χ4v) is 1.90. The van der Waals surface area contributed by atoms with Gasteiger partial charge in [0.2, 0.25) is 0 Å². The van der Waals surface area contributed by atoms with Gasteiger partial charge in [0.05, 0.1) is 10.5 Å². The lowest BCUT2D eigenvalue weighted by atomic mass is 10.0. The SMILES string of the molecule is CCCCCCC(C=O)=Cc1ccccc1[N+](=O)[O-]. The third kappa shape index (κ3) is 5.04. The minimum atomic E-state index is -0.425. The second-order valence-electron chi connectivity index (χ2n) is 4.46. The van der Waals surface area contributed by atoms with E-state index >= 15 is 0 Å². The Morgan fingerprint density at radius 3 is 2.63 bits per heavy atom. The van der Waals surface area contributed by atoms with Crippen LogP contribution in [0, 0.1) is 10.1 Å². The van der Waals surface area contributed by atoms with Gasteiger partial charge in [-0.05, 0) is 30.6 Å². The molecule has 1 rings (SSSR count). The first-order chi connectivity index (χ1) is 9.19. The van der Waals surface area contributed by atoms with E-state index in [1.807, 2.05) is 0 Å². The number of unbranched alkanes of at least 4 members (excludes halogenated alkanes) is 3. The Morgan fingerprint density at radius 1 is 1.26 bits per heavy atom. The van der Waals surface area contributed by atoms with Crippen LogP contribution in [0.1, 0.15) is 44.6 Å². The summed E-state index contributed by atoms with van der Waals surface area (Å²) >= 11 is 0. The van der Waals surface area contributed by atoms with Crippen molar-refractivity contribution in [2.45, 2.75) is 39.0 Å². The average molecular weight is 261 g/mol. The zero-order chi connectivity index (χ0) is 14.1. The maximum Gasteiger partial charge on any atom is 0.276 e. The van der Waals surface area contributed by atoms with Gasteiger partial charge >= 0.3 is 0 Å². The summed E-state index contributed by atoms with van der Waals surface area (Å²) in [6.07, 6.45) is 7.41. The van der Waals surface area contributed by atoms with Crippen molar-refractivity contribution in [3.05, 3.63) is 45.5 Å². The van der Waals surface area contributed by atoms with E-state index in [0.29, 0.717) is 17.6 Å². The summed E-state index contributed by atoms with van der Waals surface area (Å²) in [7, 11) is 0. The fraction of sp³-hybridized carbons (Fsp3) is 0.400. The molecule has 0 amide bonds. The quantitative estimate of drug-likeness (QED) is 0.232. The van der Waals surface area contributed by atoms with Crippen LogP contribution in [0.2, 0.25) is 0 Å². The second-order valence-corrected chi connectivity index (χ2v) is 4.46. The van der Waals surface area contributed by atoms with Gasteiger partial charge in [-0.2, -0.15) is 0 Å². The van der Waals surface area contributed by atoms with Crippen molar-refractivity contribution in [1.82, 2.24) is 0 Å². The molecule has 0 spiro atoms. The number of nitro benzene ring substituents is 1. The predicted molar refractivity (Wildman–Crippen MR) is 75.9 cm³/mol. The second kappa shape index (κ2) is 8.19. The van der Waals surface area contributed by atoms with Gasteiger partial charge in [-0.15, -0.1) is 0 Å². The third-order valence-corrected chi connectivity index (χ3v) is 2.94. The van der Waals surface area contributed by atoms with Crippen LogP contribution < -0.4 is 0 Å². The van der Waals surface area contributed by atoms with Crippen LogP contribution in [-0.4, -0.2) is 11.2 Å². The zero-order valence-electron chi connectivity index (χ0n) is 11.2. The molecular weight excluding hydrogens is 242 g/mol. The number of carbonyl (C=O) groups is 1. The Balaban J connectivity index is 2.80. The Hall–Kier alpha value is -1.97. The molecule has 0 heterocycles. The lowest BCUT2D eigenvalue weighted by Gasteiger charge is -2.01. The molecule has 0 atom stereocenters. The van der Waals surface area contributed by atoms with E-state index < -0.39 is 4.92 Å². The largest absolute Gasteiger partial charge is 0.298 e. The van der Waals surface area contributed by atoms with Crippen molar-refractivity contribution in [3.63, 3.8) is 0 Å². The van der Waals surface area contributed by atoms with Crippen molar-refractivity contribution in [3.8, 4) is 0 Å². The van der Waals surface area contributed by atoms with E-state index in [1.165, 1.54) is 6.07 Å². The molecule has 19 heavy (non-hydrogen) atoms. The molecule has 0 radical (unpaired) electrons. The van der Waals surface area contributed by atoms with E-state index in [4.69, 9.17) is 0 Å². The van der Waals surface area contributed by atoms with Gasteiger partial charge in [0.25, 0.3) is 5.69 Å². The molecule has 0 aliphatic carbocycles. The number of rotatable bonds is 8. The van der Waals surface area contributed by atoms with Gasteiger partial charge in [-0.25, -0.2) is 0 Å². The molecule has 0 saturated carbocycles. The molecule has 0 aromatic heterocycles. The minimum Gasteiger partial charge on any atom is -0.298 e. The van der Waals surface area contributed by atoms with Crippen LogP contribution in [0.25, 0.3) is 6.08 Å². The van der Waals surface area contributed by atoms with Crippen LogP contribution in [-0.2, 0) is 4.79 Å². The summed E-state index contributed by atoms with van der Waals surface area (Å²) in [5.74, 6) is 0. The third-order valence-electron chi connectivity index (χ3n) is 2.94. The first-order valence-corrected chi connectivity index (χ1v) is 6.58. The summed E-state index contributed by atoms with van der Waals surface area (Å²) < 4.78 is 0. The van der Waals surface area contributed by atoms with Crippen LogP contribution in [0.5, 0.6) is 0 Å². The molecule has 0 fully saturated rings. The highest BCUT2D eigenvalue weighted by atomic mass is 16.6. The highest BCUT2D eigenvalue weighted by Crippen LogP contribution is 2.21. The van der Waals surface area contributed by atoms with Gasteiger partial charge in [0.1, 0.15) is 6.29 Å². The van der Waals surface area contributed by atoms with E-state index in [1.54, 1.807) is 24.3 Å². The smallest absolute Gasteiger partial charge is 0.276 e. The Bertz CT molecular complexity index is 466. The molecule has 1 aromatic rings. The van der Waals surface area contributed by atoms with Gasteiger partial charge < -0.3 is 0 Å². The normalized spacial score (nSPS) is 11.3. The molecule has 4 heteroatoms. The molecule has 0 N–H and O–H groups in total. The topological polar surface area (TPSA) is 60.2 Å². The lowest BCUT2D eigenvalue weighted by Crippen LogP contribution is -1.93. The van der Waals surface area contributed by atoms with Crippen molar-refractivity contribution < 1.29 is 9.72 Å². The lowest BCUT2D eigenvalue weighted by molar-refractivity contribution is -0.385. The maximum absolute atomic E-state index is 11.0. The first-order valence-electron chi connectivity index (χ1n) is 6.58. The molecule has 0 aliphatic rings. The summed E-state index contributed by atoms with van der Waals surface area (Å²) in [6.45, 7) is 2.13. The van der Waals surface area contributed by atoms with Gasteiger partial charge in [-0.1, -0.05) is 38.3 Å². The maximum atomic E-state index is 11.0. The molecule has 0 aliphatic heterocycles. The molecule has 0 unspecified atom stereocenters. The summed E-state index contributed by atoms with van der Waals surface area (Å²) in [5, 5.41) is 10.9. The summed E-state index contributed by atoms with van der Waals surface area (Å²) in [4.78, 5) is 21.5. The molecule has 1 aromatic carbocycles. The van der Waals surface area contributed by atoms with Crippen LogP contribution in [0.3, 0.4) is 0 Å². The Kier molecular flexibility index (Phi) is 6.50. The van der Waals surface area contributed by atoms with Gasteiger partial charge in [0, 0.05) is 6.07 Å². The standard InChI is InChI=1S/C15H19NO3/c1-2-3-4-5-8-13(12-17)11-14-9-6-7-10-15(14)16(18)19/h6-7,9-12H,2-5,8H2,1H3. The average Bonchev–Trinajstić information content (AvgIpc) is 2.42. The monoisotopic (exact) mass is 261 g/mol. The van der Waals surface area contributed by atoms with Crippen molar-refractivity contribution in [2.24, 2.45) is 0 Å². The zero-order valence-corrected chi connectivity index (χ0v) is 11.2. The number of aldehydes is 1. The van der Waals surface area contributed by atoms with Gasteiger partial charge in [0.15, 0.2) is 0 Å². The number of hydrogen-bond donors (Lipinski definition) is 0. The van der Waals surface area contributed by atoms with E-state index in [9.17, 15) is 14.9 Å². The summed E-state index contributed by atoms with van der Waals surface area (Å²) in [5.41, 5.74) is 1.14. The number of para-hydroxylation sites is 1. The van der Waals surface area contributed by atoms with E-state index in [2.05, 4.69) is 6.92 Å². The number of carbonyl (C=O) groups excluding carboxylic acids is 1. The van der Waals surface area contributed by atoms with Crippen molar-refractivity contribution >= 4 is 18.0 Å². The molecular formula is C15H19NO3. The van der Waals surface area contributed by atoms with Crippen molar-refractivity contribution in [1.29, 1.82) is 0 Å². The van der Waals surface area contributed by atoms with Crippen LogP contribution >= 0.6 is 0 Å². The van der Waals surface area contributed by atoms with Crippen LogP contribution in [0.15, 0.2) is 29.8 Å². The summed E-state index contributed by atoms with van der Waals surface area (Å²) in [6, 6.07) is 6.47. The minimum absolute atomic E-state index is 0.0374. The van der Waals surface area contributed by atoms with E-state index in [-0.39, 0.29) is 5.69 Å². The molecule has 102 valence electrons. The van der Waals surface area contributed by atoms with E-state index in [0.717, 1.165) is 32.0 Å². The highest BCUT2D eigenvalue weighted by molar-refractivity contribution is 5.83. The number of nitro groups is 1. The number of benzene rings is 1. The van der Waals surface area contributed by atoms with Crippen molar-refractivity contribution in [2.75, 3.05) is 0 Å². The number of nitrogens with zero attached hydrogens (tertiary/aromatic N) is 1. The van der Waals surface area contributed by atoms with Gasteiger partial charge in [-0.3, -0.25) is 14.9 Å². The first kappa shape index (κ1) is 15.1. The Labute approximate surface area is 113 Å². The fourth-order valence-electron chi connectivity index (χ4n) is 1.90. The highest BCUT2D eigenvalue weighted by Gasteiger charge is 2.10. The Morgan fingerprint density at radius 2 is 2.00 bits per heavy atom. The van der Waals surface area contributed by atoms with Crippen LogP contribution in [0.4, 0.5) is 5.69 Å². The number of allylic oxidation sites excluding steroid dienone is 1.